The molecule has 2 rings (SSSR count). The summed E-state index contributed by atoms with van der Waals surface area (Å²) in [5.74, 6) is -4.36. The summed E-state index contributed by atoms with van der Waals surface area (Å²) in [6.45, 7) is 6.75. The van der Waals surface area contributed by atoms with Crippen molar-refractivity contribution >= 4 is 24.0 Å². The maximum absolute atomic E-state index is 12.4. The van der Waals surface area contributed by atoms with Gasteiger partial charge in [0.05, 0.1) is 22.8 Å². The van der Waals surface area contributed by atoms with E-state index in [-0.39, 0.29) is 22.5 Å². The summed E-state index contributed by atoms with van der Waals surface area (Å²) in [6.07, 6.45) is 1.64. The first kappa shape index (κ1) is 25.8. The third-order valence-corrected chi connectivity index (χ3v) is 4.83. The minimum absolute atomic E-state index is 0.0888. The van der Waals surface area contributed by atoms with Gasteiger partial charge in [-0.3, -0.25) is 0 Å². The molecule has 0 spiro atoms. The van der Waals surface area contributed by atoms with Crippen LogP contribution in [0.15, 0.2) is 52.9 Å². The summed E-state index contributed by atoms with van der Waals surface area (Å²) in [5, 5.41) is 22.9. The highest BCUT2D eigenvalue weighted by molar-refractivity contribution is 5.99. The fourth-order valence-corrected chi connectivity index (χ4v) is 3.62. The molecule has 1 aromatic rings. The van der Waals surface area contributed by atoms with Crippen molar-refractivity contribution in [2.75, 3.05) is 14.2 Å². The van der Waals surface area contributed by atoms with Gasteiger partial charge in [-0.05, 0) is 44.9 Å². The van der Waals surface area contributed by atoms with Gasteiger partial charge in [0, 0.05) is 26.0 Å². The Kier molecular flexibility index (Phi) is 8.18. The van der Waals surface area contributed by atoms with Gasteiger partial charge in [-0.25, -0.2) is 14.4 Å². The first-order valence-electron chi connectivity index (χ1n) is 10.1. The predicted molar refractivity (Wildman–Crippen MR) is 120 cm³/mol. The van der Waals surface area contributed by atoms with Gasteiger partial charge in [0.25, 0.3) is 0 Å². The number of carbonyl (C=O) groups is 3. The number of aliphatic carboxylic acids is 2. The molecular formula is C24H29NO8. The van der Waals surface area contributed by atoms with Crippen molar-refractivity contribution in [3.8, 4) is 0 Å². The van der Waals surface area contributed by atoms with E-state index in [9.17, 15) is 24.6 Å². The molecule has 1 aliphatic rings. The van der Waals surface area contributed by atoms with Crippen LogP contribution in [0, 0.1) is 0 Å². The van der Waals surface area contributed by atoms with Crippen LogP contribution in [0.2, 0.25) is 0 Å². The van der Waals surface area contributed by atoms with Crippen LogP contribution in [-0.4, -0.2) is 54.2 Å². The van der Waals surface area contributed by atoms with Gasteiger partial charge in [-0.15, -0.1) is 0 Å². The van der Waals surface area contributed by atoms with Gasteiger partial charge in [0.2, 0.25) is 0 Å². The number of esters is 1. The number of carbonyl (C=O) groups excluding carboxylic acids is 1. The van der Waals surface area contributed by atoms with Crippen molar-refractivity contribution in [1.82, 2.24) is 5.32 Å². The number of rotatable bonds is 8. The largest absolute Gasteiger partial charge is 0.478 e. The zero-order valence-electron chi connectivity index (χ0n) is 19.5. The first-order chi connectivity index (χ1) is 15.4. The molecule has 0 aliphatic carbocycles. The molecule has 9 heteroatoms. The lowest BCUT2D eigenvalue weighted by Crippen LogP contribution is -2.38. The van der Waals surface area contributed by atoms with E-state index in [2.05, 4.69) is 5.32 Å². The monoisotopic (exact) mass is 459 g/mol. The molecule has 1 aliphatic heterocycles. The normalized spacial score (nSPS) is 16.9. The maximum Gasteiger partial charge on any atom is 0.334 e. The second-order valence-electron chi connectivity index (χ2n) is 8.33. The Labute approximate surface area is 192 Å². The Morgan fingerprint density at radius 1 is 1.03 bits per heavy atom. The lowest BCUT2D eigenvalue weighted by Gasteiger charge is -2.33. The summed E-state index contributed by atoms with van der Waals surface area (Å²) >= 11 is 0. The molecule has 0 saturated heterocycles. The minimum Gasteiger partial charge on any atom is -0.478 e. The van der Waals surface area contributed by atoms with Gasteiger partial charge in [-0.1, -0.05) is 24.3 Å². The second-order valence-corrected chi connectivity index (χ2v) is 8.33. The summed E-state index contributed by atoms with van der Waals surface area (Å²) in [7, 11) is 2.70. The highest BCUT2D eigenvalue weighted by Gasteiger charge is 2.40. The Balaban J connectivity index is 2.72. The van der Waals surface area contributed by atoms with E-state index in [4.69, 9.17) is 14.2 Å². The topological polar surface area (TPSA) is 131 Å². The van der Waals surface area contributed by atoms with E-state index in [0.717, 1.165) is 0 Å². The fraction of sp³-hybridized carbons (Fsp3) is 0.375. The number of benzene rings is 1. The van der Waals surface area contributed by atoms with Crippen LogP contribution in [0.4, 0.5) is 0 Å². The molecule has 0 amide bonds. The van der Waals surface area contributed by atoms with Crippen LogP contribution in [0.25, 0.3) is 6.08 Å². The van der Waals surface area contributed by atoms with Crippen LogP contribution in [-0.2, 0) is 28.6 Å². The SMILES string of the molecule is COC(OC)C1=C(C(=O)O)C(c2ccccc2/C=C/C(=O)OC(C)(C)C)C(C(=O)O)=C(C)N1. The Morgan fingerprint density at radius 3 is 2.12 bits per heavy atom. The quantitative estimate of drug-likeness (QED) is 0.305. The molecule has 9 nitrogen and oxygen atoms in total. The van der Waals surface area contributed by atoms with E-state index < -0.39 is 35.7 Å². The highest BCUT2D eigenvalue weighted by atomic mass is 16.7. The molecule has 1 unspecified atom stereocenters. The third-order valence-electron chi connectivity index (χ3n) is 4.83. The number of hydrogen-bond donors (Lipinski definition) is 3. The average Bonchev–Trinajstić information content (AvgIpc) is 2.71. The maximum atomic E-state index is 12.4. The first-order valence-corrected chi connectivity index (χ1v) is 10.1. The molecule has 0 saturated carbocycles. The van der Waals surface area contributed by atoms with E-state index >= 15 is 0 Å². The summed E-state index contributed by atoms with van der Waals surface area (Å²) in [6, 6.07) is 6.65. The van der Waals surface area contributed by atoms with Crippen molar-refractivity contribution in [1.29, 1.82) is 0 Å². The molecule has 1 heterocycles. The number of nitrogens with one attached hydrogen (secondary N) is 1. The van der Waals surface area contributed by atoms with Gasteiger partial charge >= 0.3 is 17.9 Å². The molecule has 1 atom stereocenters. The Morgan fingerprint density at radius 2 is 1.61 bits per heavy atom. The molecule has 33 heavy (non-hydrogen) atoms. The number of methoxy groups -OCH3 is 2. The zero-order chi connectivity index (χ0) is 24.9. The molecule has 0 aromatic heterocycles. The van der Waals surface area contributed by atoms with E-state index in [1.165, 1.54) is 33.3 Å². The van der Waals surface area contributed by atoms with Gasteiger partial charge in [-0.2, -0.15) is 0 Å². The molecule has 178 valence electrons. The van der Waals surface area contributed by atoms with Gasteiger partial charge < -0.3 is 29.7 Å². The number of carboxylic acid groups (broad SMARTS) is 2. The van der Waals surface area contributed by atoms with E-state index in [1.807, 2.05) is 0 Å². The molecule has 1 aromatic carbocycles. The van der Waals surface area contributed by atoms with Crippen LogP contribution in [0.5, 0.6) is 0 Å². The molecule has 0 radical (unpaired) electrons. The highest BCUT2D eigenvalue weighted by Crippen LogP contribution is 2.41. The lowest BCUT2D eigenvalue weighted by molar-refractivity contribution is -0.148. The smallest absolute Gasteiger partial charge is 0.334 e. The fourth-order valence-electron chi connectivity index (χ4n) is 3.62. The van der Waals surface area contributed by atoms with E-state index in [0.29, 0.717) is 11.1 Å². The summed E-state index contributed by atoms with van der Waals surface area (Å²) in [4.78, 5) is 36.8. The van der Waals surface area contributed by atoms with E-state index in [1.54, 1.807) is 45.0 Å². The molecule has 0 fully saturated rings. The van der Waals surface area contributed by atoms with Crippen LogP contribution in [0.1, 0.15) is 44.7 Å². The van der Waals surface area contributed by atoms with Crippen molar-refractivity contribution in [3.63, 3.8) is 0 Å². The van der Waals surface area contributed by atoms with Crippen molar-refractivity contribution < 1.29 is 38.8 Å². The molecular weight excluding hydrogens is 430 g/mol. The van der Waals surface area contributed by atoms with Gasteiger partial charge in [0.1, 0.15) is 5.60 Å². The lowest BCUT2D eigenvalue weighted by atomic mass is 9.78. The Bertz CT molecular complexity index is 1030. The summed E-state index contributed by atoms with van der Waals surface area (Å²) < 4.78 is 15.8. The van der Waals surface area contributed by atoms with Crippen molar-refractivity contribution in [2.24, 2.45) is 0 Å². The van der Waals surface area contributed by atoms with Crippen molar-refractivity contribution in [3.05, 3.63) is 64.0 Å². The number of hydrogen-bond acceptors (Lipinski definition) is 7. The van der Waals surface area contributed by atoms with Crippen LogP contribution >= 0.6 is 0 Å². The standard InChI is InChI=1S/C24H29NO8/c1-13-17(21(27)28)18(19(22(29)30)20(25-13)23(31-5)32-6)15-10-8-7-9-14(15)11-12-16(26)33-24(2,3)4/h7-12,18,23,25H,1-6H3,(H,27,28)(H,29,30)/b12-11+. The summed E-state index contributed by atoms with van der Waals surface area (Å²) in [5.41, 5.74) is 0.131. The number of carboxylic acids is 2. The average molecular weight is 459 g/mol. The Hall–Kier alpha value is -3.43. The minimum atomic E-state index is -1.33. The third kappa shape index (κ3) is 6.09. The second kappa shape index (κ2) is 10.5. The van der Waals surface area contributed by atoms with Crippen LogP contribution in [0.3, 0.4) is 0 Å². The number of allylic oxidation sites excluding steroid dienone is 1. The number of dihydropyridines is 1. The molecule has 3 N–H and O–H groups in total. The molecule has 0 bridgehead atoms. The number of ether oxygens (including phenoxy) is 3. The van der Waals surface area contributed by atoms with Crippen molar-refractivity contribution in [2.45, 2.75) is 45.5 Å². The van der Waals surface area contributed by atoms with Crippen LogP contribution < -0.4 is 5.32 Å². The van der Waals surface area contributed by atoms with Gasteiger partial charge in [0.15, 0.2) is 6.29 Å². The predicted octanol–water partition coefficient (Wildman–Crippen LogP) is 3.04. The zero-order valence-corrected chi connectivity index (χ0v) is 19.5.